The Balaban J connectivity index is 1.76. The van der Waals surface area contributed by atoms with E-state index in [1.807, 2.05) is 67.5 Å². The van der Waals surface area contributed by atoms with Gasteiger partial charge in [-0.05, 0) is 56.1 Å². The van der Waals surface area contributed by atoms with Crippen LogP contribution in [0.3, 0.4) is 0 Å². The highest BCUT2D eigenvalue weighted by Gasteiger charge is 2.41. The summed E-state index contributed by atoms with van der Waals surface area (Å²) in [6.07, 6.45) is 0.647. The van der Waals surface area contributed by atoms with Crippen LogP contribution in [-0.2, 0) is 9.53 Å². The molecule has 1 N–H and O–H groups in total. The van der Waals surface area contributed by atoms with Gasteiger partial charge in [0.2, 0.25) is 0 Å². The predicted molar refractivity (Wildman–Crippen MR) is 129 cm³/mol. The number of carbonyl (C=O) groups is 2. The van der Waals surface area contributed by atoms with Gasteiger partial charge in [0.05, 0.1) is 18.0 Å². The van der Waals surface area contributed by atoms with Crippen molar-refractivity contribution in [2.24, 2.45) is 0 Å². The summed E-state index contributed by atoms with van der Waals surface area (Å²) < 4.78 is 11.2. The van der Waals surface area contributed by atoms with E-state index in [-0.39, 0.29) is 5.91 Å². The fourth-order valence-electron chi connectivity index (χ4n) is 3.70. The number of nitrogens with zero attached hydrogens (tertiary/aromatic N) is 2. The van der Waals surface area contributed by atoms with Crippen molar-refractivity contribution in [1.82, 2.24) is 9.88 Å². The van der Waals surface area contributed by atoms with Crippen molar-refractivity contribution >= 4 is 29.3 Å². The second-order valence-corrected chi connectivity index (χ2v) is 9.17. The lowest BCUT2D eigenvalue weighted by Crippen LogP contribution is -2.45. The number of methoxy groups -OCH3 is 1. The Hall–Kier alpha value is -3.23. The van der Waals surface area contributed by atoms with E-state index in [0.717, 1.165) is 21.9 Å². The van der Waals surface area contributed by atoms with Crippen molar-refractivity contribution in [1.29, 1.82) is 0 Å². The molecule has 2 heterocycles. The number of carbonyl (C=O) groups excluding carboxylic acids is 2. The van der Waals surface area contributed by atoms with Gasteiger partial charge in [0.15, 0.2) is 6.10 Å². The Morgan fingerprint density at radius 2 is 1.85 bits per heavy atom. The van der Waals surface area contributed by atoms with Gasteiger partial charge in [-0.3, -0.25) is 4.79 Å². The van der Waals surface area contributed by atoms with Crippen LogP contribution < -0.4 is 9.64 Å². The number of fused-ring (bicyclic) bond motifs is 1. The Labute approximate surface area is 197 Å². The van der Waals surface area contributed by atoms with E-state index in [2.05, 4.69) is 4.98 Å². The van der Waals surface area contributed by atoms with Crippen molar-refractivity contribution < 1.29 is 19.1 Å². The molecular weight excluding hydrogens is 438 g/mol. The minimum Gasteiger partial charge on any atom is -0.497 e. The number of esters is 1. The molecule has 3 aromatic rings. The molecule has 0 radical (unpaired) electrons. The maximum absolute atomic E-state index is 13.9. The Bertz CT molecular complexity index is 1100. The quantitative estimate of drug-likeness (QED) is 0.532. The highest BCUT2D eigenvalue weighted by Crippen LogP contribution is 2.47. The Morgan fingerprint density at radius 1 is 1.09 bits per heavy atom. The molecule has 0 fully saturated rings. The van der Waals surface area contributed by atoms with Crippen molar-refractivity contribution in [3.05, 3.63) is 78.1 Å². The first-order valence-corrected chi connectivity index (χ1v) is 11.6. The van der Waals surface area contributed by atoms with Crippen molar-refractivity contribution in [2.45, 2.75) is 16.2 Å². The summed E-state index contributed by atoms with van der Waals surface area (Å²) in [5, 5.41) is -0.423. The molecule has 0 saturated heterocycles. The normalized spacial score (nSPS) is 18.1. The van der Waals surface area contributed by atoms with Gasteiger partial charge in [-0.1, -0.05) is 24.3 Å². The number of hydrogen-bond acceptors (Lipinski definition) is 6. The van der Waals surface area contributed by atoms with Gasteiger partial charge in [0.25, 0.3) is 5.91 Å². The number of amides is 1. The molecule has 172 valence electrons. The highest BCUT2D eigenvalue weighted by molar-refractivity contribution is 7.99. The standard InChI is InChI=1S/C25H27N3O4S/c1-27(2)15-16-28-20-8-4-5-9-21(20)33-23(17-10-12-18(31-3)13-11-17)22(24(28)29)32-25(30)19-7-6-14-26-19/h4-14,22-23,26H,15-16H2,1-3H3/t22-,23+/m1/s1. The van der Waals surface area contributed by atoms with E-state index < -0.39 is 17.3 Å². The number of hydrogen-bond donors (Lipinski definition) is 1. The average Bonchev–Trinajstić information content (AvgIpc) is 3.34. The first-order chi connectivity index (χ1) is 16.0. The predicted octanol–water partition coefficient (Wildman–Crippen LogP) is 3.99. The number of anilines is 1. The van der Waals surface area contributed by atoms with Crippen LogP contribution in [0.4, 0.5) is 5.69 Å². The molecule has 0 unspecified atom stereocenters. The van der Waals surface area contributed by atoms with E-state index in [1.54, 1.807) is 30.3 Å². The minimum atomic E-state index is -1.01. The van der Waals surface area contributed by atoms with Crippen LogP contribution in [-0.4, -0.2) is 62.2 Å². The van der Waals surface area contributed by atoms with Gasteiger partial charge in [0.1, 0.15) is 11.4 Å². The van der Waals surface area contributed by atoms with Crippen LogP contribution in [0.15, 0.2) is 71.8 Å². The molecule has 4 rings (SSSR count). The summed E-state index contributed by atoms with van der Waals surface area (Å²) in [7, 11) is 5.54. The van der Waals surface area contributed by atoms with Crippen LogP contribution in [0, 0.1) is 0 Å². The monoisotopic (exact) mass is 465 g/mol. The summed E-state index contributed by atoms with van der Waals surface area (Å²) in [5.41, 5.74) is 2.01. The smallest absolute Gasteiger partial charge is 0.355 e. The first kappa shape index (κ1) is 22.9. The zero-order valence-electron chi connectivity index (χ0n) is 18.9. The summed E-state index contributed by atoms with van der Waals surface area (Å²) in [4.78, 5) is 34.4. The second-order valence-electron chi connectivity index (χ2n) is 7.98. The fourth-order valence-corrected chi connectivity index (χ4v) is 5.01. The molecule has 1 aliphatic heterocycles. The number of likely N-dealkylation sites (N-methyl/N-ethyl adjacent to an activating group) is 1. The summed E-state index contributed by atoms with van der Waals surface area (Å²) >= 11 is 1.53. The highest BCUT2D eigenvalue weighted by atomic mass is 32.2. The lowest BCUT2D eigenvalue weighted by atomic mass is 10.1. The molecule has 1 aliphatic rings. The molecule has 1 aromatic heterocycles. The zero-order valence-corrected chi connectivity index (χ0v) is 19.7. The maximum Gasteiger partial charge on any atom is 0.355 e. The third kappa shape index (κ3) is 5.07. The molecule has 33 heavy (non-hydrogen) atoms. The zero-order chi connectivity index (χ0) is 23.4. The number of para-hydroxylation sites is 1. The van der Waals surface area contributed by atoms with Crippen molar-refractivity contribution in [2.75, 3.05) is 39.2 Å². The molecule has 0 spiro atoms. The van der Waals surface area contributed by atoms with Crippen molar-refractivity contribution in [3.8, 4) is 5.75 Å². The van der Waals surface area contributed by atoms with Gasteiger partial charge in [-0.2, -0.15) is 0 Å². The molecule has 7 nitrogen and oxygen atoms in total. The van der Waals surface area contributed by atoms with E-state index in [0.29, 0.717) is 18.8 Å². The van der Waals surface area contributed by atoms with Gasteiger partial charge < -0.3 is 24.3 Å². The van der Waals surface area contributed by atoms with E-state index in [1.165, 1.54) is 11.8 Å². The molecule has 0 aliphatic carbocycles. The number of rotatable bonds is 7. The van der Waals surface area contributed by atoms with E-state index >= 15 is 0 Å². The average molecular weight is 466 g/mol. The second kappa shape index (κ2) is 10.1. The largest absolute Gasteiger partial charge is 0.497 e. The van der Waals surface area contributed by atoms with Gasteiger partial charge in [0, 0.05) is 24.2 Å². The number of aromatic amines is 1. The number of H-pyrrole nitrogens is 1. The number of nitrogens with one attached hydrogen (secondary N) is 1. The molecule has 2 aromatic carbocycles. The van der Waals surface area contributed by atoms with Crippen molar-refractivity contribution in [3.63, 3.8) is 0 Å². The Morgan fingerprint density at radius 3 is 2.52 bits per heavy atom. The summed E-state index contributed by atoms with van der Waals surface area (Å²) in [6.45, 7) is 1.16. The van der Waals surface area contributed by atoms with Gasteiger partial charge in [-0.25, -0.2) is 4.79 Å². The fraction of sp³-hybridized carbons (Fsp3) is 0.280. The SMILES string of the molecule is COc1ccc([C@@H]2Sc3ccccc3N(CCN(C)C)C(=O)[C@@H]2OC(=O)c2ccc[nH]2)cc1. The van der Waals surface area contributed by atoms with E-state index in [4.69, 9.17) is 9.47 Å². The van der Waals surface area contributed by atoms with Gasteiger partial charge in [-0.15, -0.1) is 11.8 Å². The molecule has 0 bridgehead atoms. The van der Waals surface area contributed by atoms with Gasteiger partial charge >= 0.3 is 5.97 Å². The van der Waals surface area contributed by atoms with E-state index in [9.17, 15) is 9.59 Å². The van der Waals surface area contributed by atoms with Crippen LogP contribution in [0.5, 0.6) is 5.75 Å². The number of aromatic nitrogens is 1. The number of ether oxygens (including phenoxy) is 2. The first-order valence-electron chi connectivity index (χ1n) is 10.7. The van der Waals surface area contributed by atoms with Crippen LogP contribution in [0.25, 0.3) is 0 Å². The minimum absolute atomic E-state index is 0.241. The molecule has 0 saturated carbocycles. The lowest BCUT2D eigenvalue weighted by Gasteiger charge is -2.28. The molecule has 1 amide bonds. The molecular formula is C25H27N3O4S. The van der Waals surface area contributed by atoms with Crippen LogP contribution in [0.1, 0.15) is 21.3 Å². The third-order valence-electron chi connectivity index (χ3n) is 5.46. The van der Waals surface area contributed by atoms with Crippen LogP contribution in [0.2, 0.25) is 0 Å². The Kier molecular flexibility index (Phi) is 7.05. The molecule has 2 atom stereocenters. The molecule has 8 heteroatoms. The number of thioether (sulfide) groups is 1. The maximum atomic E-state index is 13.9. The van der Waals surface area contributed by atoms with Crippen LogP contribution >= 0.6 is 11.8 Å². The summed E-state index contributed by atoms with van der Waals surface area (Å²) in [5.74, 6) is -0.0809. The third-order valence-corrected chi connectivity index (χ3v) is 6.83. The lowest BCUT2D eigenvalue weighted by molar-refractivity contribution is -0.127. The number of benzene rings is 2. The topological polar surface area (TPSA) is 74.9 Å². The summed E-state index contributed by atoms with van der Waals surface area (Å²) in [6, 6.07) is 18.7.